The number of anilines is 1. The van der Waals surface area contributed by atoms with E-state index in [1.165, 1.54) is 6.42 Å². The highest BCUT2D eigenvalue weighted by molar-refractivity contribution is 7.19. The summed E-state index contributed by atoms with van der Waals surface area (Å²) in [6.07, 6.45) is 5.19. The van der Waals surface area contributed by atoms with Crippen LogP contribution in [-0.2, 0) is 0 Å². The van der Waals surface area contributed by atoms with Gasteiger partial charge in [-0.3, -0.25) is 4.90 Å². The normalized spacial score (nSPS) is 17.1. The fourth-order valence-electron chi connectivity index (χ4n) is 5.29. The van der Waals surface area contributed by atoms with Gasteiger partial charge in [0.1, 0.15) is 10.7 Å². The maximum Gasteiger partial charge on any atom is 0.220 e. The number of hydrogen-bond acceptors (Lipinski definition) is 7. The van der Waals surface area contributed by atoms with Crippen molar-refractivity contribution in [1.29, 1.82) is 0 Å². The van der Waals surface area contributed by atoms with Gasteiger partial charge in [0.25, 0.3) is 0 Å². The Bertz CT molecular complexity index is 1380. The molecule has 6 nitrogen and oxygen atoms in total. The van der Waals surface area contributed by atoms with Crippen molar-refractivity contribution in [3.8, 4) is 32.3 Å². The highest BCUT2D eigenvalue weighted by atomic mass is 32.1. The Morgan fingerprint density at radius 1 is 0.750 bits per heavy atom. The molecule has 1 aromatic heterocycles. The summed E-state index contributed by atoms with van der Waals surface area (Å²) in [4.78, 5) is 17.5. The van der Waals surface area contributed by atoms with Gasteiger partial charge in [-0.05, 0) is 43.4 Å². The number of aromatic nitrogens is 1. The number of hydrogen-bond donors (Lipinski definition) is 2. The van der Waals surface area contributed by atoms with Crippen LogP contribution in [0.15, 0.2) is 94.9 Å². The highest BCUT2D eigenvalue weighted by Gasteiger charge is 2.42. The van der Waals surface area contributed by atoms with Gasteiger partial charge in [0.15, 0.2) is 0 Å². The second-order valence-electron chi connectivity index (χ2n) is 9.30. The summed E-state index contributed by atoms with van der Waals surface area (Å²) in [6.45, 7) is 0. The van der Waals surface area contributed by atoms with Gasteiger partial charge < -0.3 is 11.5 Å². The number of rotatable bonds is 4. The second kappa shape index (κ2) is 9.24. The zero-order valence-corrected chi connectivity index (χ0v) is 20.8. The van der Waals surface area contributed by atoms with E-state index in [1.54, 1.807) is 11.3 Å². The Morgan fingerprint density at radius 3 is 2.14 bits per heavy atom. The molecule has 1 fully saturated rings. The van der Waals surface area contributed by atoms with Gasteiger partial charge >= 0.3 is 0 Å². The summed E-state index contributed by atoms with van der Waals surface area (Å²) < 4.78 is 0. The van der Waals surface area contributed by atoms with E-state index >= 15 is 0 Å². The molecule has 180 valence electrons. The quantitative estimate of drug-likeness (QED) is 0.352. The molecule has 1 aliphatic carbocycles. The van der Waals surface area contributed by atoms with Crippen molar-refractivity contribution in [2.75, 3.05) is 4.90 Å². The number of thiazole rings is 1. The van der Waals surface area contributed by atoms with Crippen LogP contribution in [0.25, 0.3) is 32.3 Å². The molecule has 0 saturated heterocycles. The van der Waals surface area contributed by atoms with Crippen molar-refractivity contribution in [2.24, 2.45) is 21.5 Å². The Balaban J connectivity index is 1.45. The summed E-state index contributed by atoms with van der Waals surface area (Å²) in [7, 11) is 0. The molecule has 0 unspecified atom stereocenters. The lowest BCUT2D eigenvalue weighted by atomic mass is 9.87. The van der Waals surface area contributed by atoms with E-state index in [-0.39, 0.29) is 5.96 Å². The average Bonchev–Trinajstić information content (AvgIpc) is 3.36. The number of benzene rings is 3. The molecule has 2 aliphatic rings. The SMILES string of the molecule is NC1=NC2(CCCCC2)N(c2cccc(-c3nc(-c4ccccc4)c(-c4ccccc4)s3)c2)C(N)=N1. The van der Waals surface area contributed by atoms with E-state index in [4.69, 9.17) is 21.4 Å². The van der Waals surface area contributed by atoms with Crippen LogP contribution in [0.5, 0.6) is 0 Å². The lowest BCUT2D eigenvalue weighted by Crippen LogP contribution is -2.58. The van der Waals surface area contributed by atoms with Crippen LogP contribution in [0.4, 0.5) is 5.69 Å². The number of nitrogens with two attached hydrogens (primary N) is 2. The molecule has 2 heterocycles. The minimum Gasteiger partial charge on any atom is -0.369 e. The van der Waals surface area contributed by atoms with Gasteiger partial charge in [-0.25, -0.2) is 9.98 Å². The third-order valence-corrected chi connectivity index (χ3v) is 8.07. The molecule has 36 heavy (non-hydrogen) atoms. The van der Waals surface area contributed by atoms with Gasteiger partial charge in [-0.15, -0.1) is 11.3 Å². The number of nitrogens with zero attached hydrogens (tertiary/aromatic N) is 4. The lowest BCUT2D eigenvalue weighted by molar-refractivity contribution is 0.305. The van der Waals surface area contributed by atoms with Gasteiger partial charge in [-0.2, -0.15) is 4.99 Å². The van der Waals surface area contributed by atoms with E-state index in [9.17, 15) is 0 Å². The van der Waals surface area contributed by atoms with Crippen LogP contribution >= 0.6 is 11.3 Å². The van der Waals surface area contributed by atoms with Crippen molar-refractivity contribution < 1.29 is 0 Å². The molecule has 0 radical (unpaired) electrons. The van der Waals surface area contributed by atoms with Crippen molar-refractivity contribution >= 4 is 28.9 Å². The lowest BCUT2D eigenvalue weighted by Gasteiger charge is -2.45. The maximum atomic E-state index is 6.48. The molecule has 4 N–H and O–H groups in total. The molecule has 3 aromatic carbocycles. The van der Waals surface area contributed by atoms with Gasteiger partial charge in [0.05, 0.1) is 10.6 Å². The van der Waals surface area contributed by atoms with E-state index < -0.39 is 5.66 Å². The minimum atomic E-state index is -0.472. The molecule has 1 saturated carbocycles. The predicted molar refractivity (Wildman–Crippen MR) is 150 cm³/mol. The third kappa shape index (κ3) is 4.05. The molecule has 7 heteroatoms. The van der Waals surface area contributed by atoms with Gasteiger partial charge in [0, 0.05) is 16.8 Å². The minimum absolute atomic E-state index is 0.265. The maximum absolute atomic E-state index is 6.48. The molecule has 1 spiro atoms. The van der Waals surface area contributed by atoms with Gasteiger partial charge in [-0.1, -0.05) is 79.2 Å². The van der Waals surface area contributed by atoms with Crippen LogP contribution in [0.2, 0.25) is 0 Å². The monoisotopic (exact) mass is 492 g/mol. The van der Waals surface area contributed by atoms with Crippen molar-refractivity contribution in [2.45, 2.75) is 37.8 Å². The van der Waals surface area contributed by atoms with Crippen LogP contribution < -0.4 is 16.4 Å². The summed E-state index contributed by atoms with van der Waals surface area (Å²) in [6, 6.07) is 29.2. The van der Waals surface area contributed by atoms with E-state index in [1.807, 2.05) is 12.1 Å². The molecule has 1 aliphatic heterocycles. The van der Waals surface area contributed by atoms with E-state index in [2.05, 4.69) is 82.7 Å². The predicted octanol–water partition coefficient (Wildman–Crippen LogP) is 6.25. The summed E-state index contributed by atoms with van der Waals surface area (Å²) >= 11 is 1.71. The summed E-state index contributed by atoms with van der Waals surface area (Å²) in [5, 5.41) is 0.961. The molecule has 6 rings (SSSR count). The Morgan fingerprint density at radius 2 is 1.42 bits per heavy atom. The Kier molecular flexibility index (Phi) is 5.77. The first-order valence-corrected chi connectivity index (χ1v) is 13.2. The molecule has 0 amide bonds. The molecular formula is C29H28N6S. The Hall–Kier alpha value is -3.97. The van der Waals surface area contributed by atoms with E-state index in [0.29, 0.717) is 5.96 Å². The largest absolute Gasteiger partial charge is 0.369 e. The van der Waals surface area contributed by atoms with Crippen molar-refractivity contribution in [1.82, 2.24) is 4.98 Å². The highest BCUT2D eigenvalue weighted by Crippen LogP contribution is 2.43. The van der Waals surface area contributed by atoms with Gasteiger partial charge in [0.2, 0.25) is 11.9 Å². The Labute approximate surface area is 215 Å². The zero-order valence-electron chi connectivity index (χ0n) is 20.0. The van der Waals surface area contributed by atoms with Crippen molar-refractivity contribution in [3.05, 3.63) is 84.9 Å². The second-order valence-corrected chi connectivity index (χ2v) is 10.3. The molecule has 4 aromatic rings. The first-order valence-electron chi connectivity index (χ1n) is 12.3. The number of guanidine groups is 2. The van der Waals surface area contributed by atoms with Crippen molar-refractivity contribution in [3.63, 3.8) is 0 Å². The summed E-state index contributed by atoms with van der Waals surface area (Å²) in [5.41, 5.74) is 17.3. The standard InChI is InChI=1S/C29H28N6S/c30-27-33-28(31)35(29(34-27)17-8-3-9-18-29)23-16-10-15-22(19-23)26-32-24(20-11-4-1-5-12-20)25(36-26)21-13-6-2-7-14-21/h1-2,4-7,10-16,19H,3,8-9,17-18H2,(H4,30,31,33,34). The topological polar surface area (TPSA) is 92.9 Å². The first kappa shape index (κ1) is 22.5. The fourth-order valence-corrected chi connectivity index (χ4v) is 6.38. The zero-order chi connectivity index (χ0) is 24.5. The molecule has 0 atom stereocenters. The first-order chi connectivity index (χ1) is 17.6. The fraction of sp³-hybridized carbons (Fsp3) is 0.207. The van der Waals surface area contributed by atoms with Crippen LogP contribution in [0, 0.1) is 0 Å². The smallest absolute Gasteiger partial charge is 0.220 e. The molecular weight excluding hydrogens is 464 g/mol. The third-order valence-electron chi connectivity index (χ3n) is 6.91. The number of aliphatic imine (C=N–C) groups is 2. The van der Waals surface area contributed by atoms with Crippen LogP contribution in [0.1, 0.15) is 32.1 Å². The van der Waals surface area contributed by atoms with E-state index in [0.717, 1.165) is 63.6 Å². The summed E-state index contributed by atoms with van der Waals surface area (Å²) in [5.74, 6) is 0.664. The van der Waals surface area contributed by atoms with Crippen LogP contribution in [-0.4, -0.2) is 22.6 Å². The van der Waals surface area contributed by atoms with Crippen LogP contribution in [0.3, 0.4) is 0 Å². The average molecular weight is 493 g/mol. The molecule has 0 bridgehead atoms.